The highest BCUT2D eigenvalue weighted by Crippen LogP contribution is 2.23. The standard InChI is InChI=1S/C19H23N5O3/c25-17-7-6-15(20-17)18(26)23-10-8-13(9-11-23)12-16-21-22-19(27)24(16)14-4-2-1-3-5-14/h1-5,13,15H,6-12H2,(H,20,25)(H,22,27). The van der Waals surface area contributed by atoms with Crippen LogP contribution in [0.25, 0.3) is 5.69 Å². The molecule has 2 amide bonds. The van der Waals surface area contributed by atoms with Crippen LogP contribution in [0.2, 0.25) is 0 Å². The third kappa shape index (κ3) is 3.65. The highest BCUT2D eigenvalue weighted by Gasteiger charge is 2.33. The first-order valence-electron chi connectivity index (χ1n) is 9.41. The summed E-state index contributed by atoms with van der Waals surface area (Å²) in [5.41, 5.74) is 0.566. The van der Waals surface area contributed by atoms with Gasteiger partial charge in [0.2, 0.25) is 11.8 Å². The van der Waals surface area contributed by atoms with Crippen molar-refractivity contribution in [2.45, 2.75) is 38.1 Å². The molecule has 1 aromatic heterocycles. The number of amides is 2. The van der Waals surface area contributed by atoms with Crippen LogP contribution in [0.1, 0.15) is 31.5 Å². The molecule has 2 aliphatic heterocycles. The lowest BCUT2D eigenvalue weighted by Gasteiger charge is -2.33. The van der Waals surface area contributed by atoms with Crippen LogP contribution in [0.5, 0.6) is 0 Å². The topological polar surface area (TPSA) is 100 Å². The Morgan fingerprint density at radius 3 is 2.52 bits per heavy atom. The normalized spacial score (nSPS) is 20.7. The zero-order valence-corrected chi connectivity index (χ0v) is 15.1. The molecule has 0 aliphatic carbocycles. The summed E-state index contributed by atoms with van der Waals surface area (Å²) >= 11 is 0. The third-order valence-electron chi connectivity index (χ3n) is 5.45. The van der Waals surface area contributed by atoms with Crippen molar-refractivity contribution >= 4 is 11.8 Å². The summed E-state index contributed by atoms with van der Waals surface area (Å²) in [4.78, 5) is 37.8. The molecule has 142 valence electrons. The van der Waals surface area contributed by atoms with E-state index in [1.54, 1.807) is 4.57 Å². The zero-order chi connectivity index (χ0) is 18.8. The number of H-pyrrole nitrogens is 1. The van der Waals surface area contributed by atoms with Gasteiger partial charge in [-0.3, -0.25) is 9.59 Å². The van der Waals surface area contributed by atoms with Gasteiger partial charge in [-0.15, -0.1) is 0 Å². The molecule has 0 saturated carbocycles. The highest BCUT2D eigenvalue weighted by molar-refractivity contribution is 5.90. The molecule has 4 rings (SSSR count). The average Bonchev–Trinajstić information content (AvgIpc) is 3.28. The molecule has 8 nitrogen and oxygen atoms in total. The minimum Gasteiger partial charge on any atom is -0.344 e. The van der Waals surface area contributed by atoms with E-state index in [0.29, 0.717) is 38.3 Å². The molecular formula is C19H23N5O3. The van der Waals surface area contributed by atoms with Gasteiger partial charge >= 0.3 is 5.69 Å². The number of carbonyl (C=O) groups is 2. The van der Waals surface area contributed by atoms with E-state index < -0.39 is 0 Å². The summed E-state index contributed by atoms with van der Waals surface area (Å²) in [6.45, 7) is 1.35. The van der Waals surface area contributed by atoms with Crippen LogP contribution < -0.4 is 11.0 Å². The fourth-order valence-corrected chi connectivity index (χ4v) is 3.95. The van der Waals surface area contributed by atoms with Gasteiger partial charge in [0.15, 0.2) is 0 Å². The maximum atomic E-state index is 12.5. The van der Waals surface area contributed by atoms with E-state index in [-0.39, 0.29) is 23.5 Å². The van der Waals surface area contributed by atoms with Gasteiger partial charge in [-0.25, -0.2) is 14.5 Å². The van der Waals surface area contributed by atoms with E-state index in [4.69, 9.17) is 0 Å². The lowest BCUT2D eigenvalue weighted by molar-refractivity contribution is -0.135. The van der Waals surface area contributed by atoms with Crippen LogP contribution in [0, 0.1) is 5.92 Å². The number of hydrogen-bond acceptors (Lipinski definition) is 4. The van der Waals surface area contributed by atoms with Crippen molar-refractivity contribution in [1.82, 2.24) is 25.0 Å². The number of aromatic amines is 1. The number of piperidine rings is 1. The van der Waals surface area contributed by atoms with E-state index in [2.05, 4.69) is 15.5 Å². The Morgan fingerprint density at radius 2 is 1.85 bits per heavy atom. The largest absolute Gasteiger partial charge is 0.347 e. The Hall–Kier alpha value is -2.90. The van der Waals surface area contributed by atoms with Crippen LogP contribution in [0.15, 0.2) is 35.1 Å². The predicted octanol–water partition coefficient (Wildman–Crippen LogP) is 0.620. The maximum absolute atomic E-state index is 12.5. The van der Waals surface area contributed by atoms with Crippen LogP contribution in [0.4, 0.5) is 0 Å². The molecule has 1 aromatic carbocycles. The maximum Gasteiger partial charge on any atom is 0.347 e. The Kier molecular flexibility index (Phi) is 4.79. The van der Waals surface area contributed by atoms with E-state index in [1.807, 2.05) is 35.2 Å². The first kappa shape index (κ1) is 17.5. The Balaban J connectivity index is 1.38. The van der Waals surface area contributed by atoms with E-state index in [9.17, 15) is 14.4 Å². The van der Waals surface area contributed by atoms with Crippen LogP contribution >= 0.6 is 0 Å². The van der Waals surface area contributed by atoms with Gasteiger partial charge in [-0.05, 0) is 37.3 Å². The number of nitrogens with zero attached hydrogens (tertiary/aromatic N) is 3. The number of nitrogens with one attached hydrogen (secondary N) is 2. The Labute approximate surface area is 156 Å². The van der Waals surface area contributed by atoms with Gasteiger partial charge in [0.1, 0.15) is 11.9 Å². The summed E-state index contributed by atoms with van der Waals surface area (Å²) in [6, 6.07) is 9.11. The number of rotatable bonds is 4. The summed E-state index contributed by atoms with van der Waals surface area (Å²) in [7, 11) is 0. The predicted molar refractivity (Wildman–Crippen MR) is 98.4 cm³/mol. The molecule has 1 atom stereocenters. The molecule has 2 aromatic rings. The SMILES string of the molecule is O=C1CCC(C(=O)N2CCC(Cc3n[nH]c(=O)n3-c3ccccc3)CC2)N1. The first-order valence-corrected chi connectivity index (χ1v) is 9.41. The number of para-hydroxylation sites is 1. The fraction of sp³-hybridized carbons (Fsp3) is 0.474. The van der Waals surface area contributed by atoms with Crippen LogP contribution in [-0.2, 0) is 16.0 Å². The number of carbonyl (C=O) groups excluding carboxylic acids is 2. The van der Waals surface area contributed by atoms with Crippen molar-refractivity contribution in [2.24, 2.45) is 5.92 Å². The fourth-order valence-electron chi connectivity index (χ4n) is 3.95. The number of likely N-dealkylation sites (tertiary alicyclic amines) is 1. The molecule has 27 heavy (non-hydrogen) atoms. The van der Waals surface area contributed by atoms with E-state index >= 15 is 0 Å². The molecule has 0 spiro atoms. The summed E-state index contributed by atoms with van der Waals surface area (Å²) < 4.78 is 1.62. The Bertz CT molecular complexity index is 880. The third-order valence-corrected chi connectivity index (χ3v) is 5.45. The average molecular weight is 369 g/mol. The minimum atomic E-state index is -0.358. The first-order chi connectivity index (χ1) is 13.1. The number of hydrogen-bond donors (Lipinski definition) is 2. The summed E-state index contributed by atoms with van der Waals surface area (Å²) in [5.74, 6) is 1.07. The van der Waals surface area contributed by atoms with Crippen molar-refractivity contribution in [3.05, 3.63) is 46.6 Å². The van der Waals surface area contributed by atoms with Crippen LogP contribution in [-0.4, -0.2) is 50.6 Å². The van der Waals surface area contributed by atoms with Crippen molar-refractivity contribution in [2.75, 3.05) is 13.1 Å². The van der Waals surface area contributed by atoms with Gasteiger partial charge in [0, 0.05) is 25.9 Å². The van der Waals surface area contributed by atoms with Crippen molar-refractivity contribution in [3.63, 3.8) is 0 Å². The molecule has 2 fully saturated rings. The molecule has 8 heteroatoms. The lowest BCUT2D eigenvalue weighted by Crippen LogP contribution is -2.47. The highest BCUT2D eigenvalue weighted by atomic mass is 16.2. The van der Waals surface area contributed by atoms with Gasteiger partial charge in [0.25, 0.3) is 0 Å². The van der Waals surface area contributed by atoms with E-state index in [1.165, 1.54) is 0 Å². The second-order valence-electron chi connectivity index (χ2n) is 7.25. The van der Waals surface area contributed by atoms with Crippen molar-refractivity contribution < 1.29 is 9.59 Å². The molecule has 2 aliphatic rings. The molecule has 2 N–H and O–H groups in total. The zero-order valence-electron chi connectivity index (χ0n) is 15.1. The molecular weight excluding hydrogens is 346 g/mol. The minimum absolute atomic E-state index is 0.0280. The molecule has 3 heterocycles. The quantitative estimate of drug-likeness (QED) is 0.825. The summed E-state index contributed by atoms with van der Waals surface area (Å²) in [5, 5.41) is 9.50. The van der Waals surface area contributed by atoms with Crippen LogP contribution in [0.3, 0.4) is 0 Å². The molecule has 0 bridgehead atoms. The lowest BCUT2D eigenvalue weighted by atomic mass is 9.92. The second-order valence-corrected chi connectivity index (χ2v) is 7.25. The van der Waals surface area contributed by atoms with Gasteiger partial charge in [0.05, 0.1) is 5.69 Å². The Morgan fingerprint density at radius 1 is 1.11 bits per heavy atom. The monoisotopic (exact) mass is 369 g/mol. The van der Waals surface area contributed by atoms with Crippen molar-refractivity contribution in [3.8, 4) is 5.69 Å². The van der Waals surface area contributed by atoms with Gasteiger partial charge < -0.3 is 10.2 Å². The smallest absolute Gasteiger partial charge is 0.344 e. The second kappa shape index (κ2) is 7.38. The summed E-state index contributed by atoms with van der Waals surface area (Å²) in [6.07, 6.45) is 3.44. The van der Waals surface area contributed by atoms with Gasteiger partial charge in [-0.1, -0.05) is 18.2 Å². The molecule has 1 unspecified atom stereocenters. The van der Waals surface area contributed by atoms with E-state index in [0.717, 1.165) is 24.4 Å². The van der Waals surface area contributed by atoms with Crippen molar-refractivity contribution in [1.29, 1.82) is 0 Å². The molecule has 2 saturated heterocycles. The number of benzene rings is 1. The van der Waals surface area contributed by atoms with Gasteiger partial charge in [-0.2, -0.15) is 5.10 Å². The molecule has 0 radical (unpaired) electrons. The number of aromatic nitrogens is 3.